The molecule has 0 amide bonds. The Morgan fingerprint density at radius 1 is 1.12 bits per heavy atom. The molecule has 0 aromatic heterocycles. The second-order valence-corrected chi connectivity index (χ2v) is 49.3. The molecular weight excluding hydrogens is 419 g/mol. The predicted molar refractivity (Wildman–Crippen MR) is 94.3 cm³/mol. The molecule has 0 aromatic carbocycles. The van der Waals surface area contributed by atoms with Gasteiger partial charge in [0.05, 0.1) is 0 Å². The van der Waals surface area contributed by atoms with Crippen LogP contribution in [0.15, 0.2) is 0 Å². The van der Waals surface area contributed by atoms with Crippen molar-refractivity contribution in [1.82, 2.24) is 0 Å². The molecule has 16 heavy (non-hydrogen) atoms. The molecule has 0 bridgehead atoms. The summed E-state index contributed by atoms with van der Waals surface area (Å²) in [6.45, 7) is 2.34. The molecule has 2 aliphatic heterocycles. The topological polar surface area (TPSA) is 0 Å². The van der Waals surface area contributed by atoms with Gasteiger partial charge in [0, 0.05) is 0 Å². The van der Waals surface area contributed by atoms with E-state index in [2.05, 4.69) is 72.5 Å². The van der Waals surface area contributed by atoms with E-state index in [1.54, 1.807) is 0 Å². The maximum absolute atomic E-state index is 2.43. The number of thioether (sulfide) groups is 2. The zero-order chi connectivity index (χ0) is 11.4. The first kappa shape index (κ1) is 15.3. The van der Waals surface area contributed by atoms with E-state index >= 15 is 0 Å². The average Bonchev–Trinajstić information content (AvgIpc) is 2.17. The number of hydrogen-bond acceptors (Lipinski definition) is 6. The predicted octanol–water partition coefficient (Wildman–Crippen LogP) is 4.93. The van der Waals surface area contributed by atoms with Gasteiger partial charge in [-0.1, -0.05) is 0 Å². The fourth-order valence-electron chi connectivity index (χ4n) is 1.36. The summed E-state index contributed by atoms with van der Waals surface area (Å²) in [5.74, 6) is 4.15. The van der Waals surface area contributed by atoms with E-state index in [4.69, 9.17) is 0 Å². The molecule has 0 saturated carbocycles. The third kappa shape index (κ3) is 4.20. The molecule has 0 aromatic rings. The van der Waals surface area contributed by atoms with Crippen molar-refractivity contribution in [2.75, 3.05) is 23.5 Å². The molecule has 7 heteroatoms. The number of hydrogen-bond donors (Lipinski definition) is 0. The van der Waals surface area contributed by atoms with Crippen LogP contribution >= 0.6 is 59.3 Å². The van der Waals surface area contributed by atoms with Gasteiger partial charge in [-0.3, -0.25) is 0 Å². The van der Waals surface area contributed by atoms with Crippen LogP contribution in [-0.4, -0.2) is 45.5 Å². The van der Waals surface area contributed by atoms with Crippen molar-refractivity contribution in [3.63, 3.8) is 0 Å². The molecule has 2 atom stereocenters. The maximum atomic E-state index is 2.43. The van der Waals surface area contributed by atoms with Gasteiger partial charge < -0.3 is 0 Å². The van der Waals surface area contributed by atoms with Crippen molar-refractivity contribution < 1.29 is 0 Å². The van der Waals surface area contributed by atoms with Gasteiger partial charge in [0.1, 0.15) is 0 Å². The fraction of sp³-hybridized carbons (Fsp3) is 1.00. The molecule has 2 heterocycles. The summed E-state index contributed by atoms with van der Waals surface area (Å²) in [4.78, 5) is 0. The monoisotopic (exact) mass is 438 g/mol. The summed E-state index contributed by atoms with van der Waals surface area (Å²) in [6, 6.07) is 0. The Kier molecular flexibility index (Phi) is 7.28. The molecule has 2 aliphatic rings. The van der Waals surface area contributed by atoms with Crippen LogP contribution in [0.4, 0.5) is 0 Å². The van der Waals surface area contributed by atoms with Crippen LogP contribution in [-0.2, 0) is 0 Å². The summed E-state index contributed by atoms with van der Waals surface area (Å²) >= 11 is 2.37. The van der Waals surface area contributed by atoms with E-state index < -0.39 is 12.8 Å². The Morgan fingerprint density at radius 3 is 1.88 bits per heavy atom. The van der Waals surface area contributed by atoms with E-state index in [0.717, 1.165) is 9.16 Å². The van der Waals surface area contributed by atoms with Gasteiger partial charge in [-0.25, -0.2) is 0 Å². The minimum absolute atomic E-state index is 0.958. The van der Waals surface area contributed by atoms with Gasteiger partial charge in [0.25, 0.3) is 0 Å². The Bertz CT molecular complexity index is 202. The zero-order valence-electron chi connectivity index (χ0n) is 9.64. The summed E-state index contributed by atoms with van der Waals surface area (Å²) in [5, 5.41) is 0. The quantitative estimate of drug-likeness (QED) is 0.515. The molecule has 2 rings (SSSR count). The molecule has 0 N–H and O–H groups in total. The van der Waals surface area contributed by atoms with Gasteiger partial charge in [-0.05, 0) is 0 Å². The standard InChI is InChI=1S/2C3H6S2.C2H6S.CH4S.Sn/c2*4-3-1-2-5-3;1-2-3;1-2;/h2*3-4H,1-2H2;3H,2H2,1H3;2H,1H3;/q;;;;+4/p-4. The van der Waals surface area contributed by atoms with Gasteiger partial charge >= 0.3 is 125 Å². The summed E-state index contributed by atoms with van der Waals surface area (Å²) in [7, 11) is 9.48. The second-order valence-electron chi connectivity index (χ2n) is 3.55. The SMILES string of the molecule is CC[S][Sn]([S]C)([S]C1CCS1)[S]C1CCS1. The van der Waals surface area contributed by atoms with E-state index in [9.17, 15) is 0 Å². The van der Waals surface area contributed by atoms with Crippen LogP contribution in [0.25, 0.3) is 0 Å². The molecule has 0 aliphatic carbocycles. The molecule has 0 radical (unpaired) electrons. The fourth-order valence-corrected chi connectivity index (χ4v) is 68.4. The number of rotatable bonds is 7. The van der Waals surface area contributed by atoms with Gasteiger partial charge in [-0.2, -0.15) is 0 Å². The van der Waals surface area contributed by atoms with Crippen LogP contribution in [0.2, 0.25) is 0 Å². The molecule has 2 unspecified atom stereocenters. The van der Waals surface area contributed by atoms with Crippen LogP contribution in [0.1, 0.15) is 19.8 Å². The van der Waals surface area contributed by atoms with E-state index in [-0.39, 0.29) is 0 Å². The van der Waals surface area contributed by atoms with Gasteiger partial charge in [0.15, 0.2) is 0 Å². The van der Waals surface area contributed by atoms with Crippen molar-refractivity contribution in [3.05, 3.63) is 0 Å². The van der Waals surface area contributed by atoms with Crippen molar-refractivity contribution >= 4 is 72.2 Å². The van der Waals surface area contributed by atoms with Crippen LogP contribution in [0, 0.1) is 0 Å². The Balaban J connectivity index is 1.90. The Hall–Kier alpha value is 2.90. The third-order valence-electron chi connectivity index (χ3n) is 2.44. The first-order valence-corrected chi connectivity index (χ1v) is 25.6. The van der Waals surface area contributed by atoms with Gasteiger partial charge in [0.2, 0.25) is 0 Å². The van der Waals surface area contributed by atoms with Gasteiger partial charge in [-0.15, -0.1) is 0 Å². The van der Waals surface area contributed by atoms with Crippen molar-refractivity contribution in [2.24, 2.45) is 0 Å². The van der Waals surface area contributed by atoms with E-state index in [0.29, 0.717) is 0 Å². The van der Waals surface area contributed by atoms with E-state index in [1.807, 2.05) is 0 Å². The van der Waals surface area contributed by atoms with Crippen molar-refractivity contribution in [2.45, 2.75) is 28.9 Å². The Labute approximate surface area is 123 Å². The van der Waals surface area contributed by atoms with Crippen molar-refractivity contribution in [3.8, 4) is 0 Å². The van der Waals surface area contributed by atoms with Crippen LogP contribution in [0.3, 0.4) is 0 Å². The third-order valence-corrected chi connectivity index (χ3v) is 60.0. The molecule has 2 saturated heterocycles. The second kappa shape index (κ2) is 7.62. The normalized spacial score (nSPS) is 32.6. The summed E-state index contributed by atoms with van der Waals surface area (Å²) < 4.78 is 1.92. The van der Waals surface area contributed by atoms with Crippen LogP contribution in [0.5, 0.6) is 0 Å². The molecule has 0 nitrogen and oxygen atoms in total. The molecule has 94 valence electrons. The first-order chi connectivity index (χ1) is 7.78. The minimum atomic E-state index is -2.02. The first-order valence-electron chi connectivity index (χ1n) is 5.56. The summed E-state index contributed by atoms with van der Waals surface area (Å²) in [6.07, 6.45) is 5.32. The molecule has 2 fully saturated rings. The Morgan fingerprint density at radius 2 is 1.62 bits per heavy atom. The zero-order valence-corrected chi connectivity index (χ0v) is 17.4. The average molecular weight is 437 g/mol. The molecular formula is C9H18S6Sn. The van der Waals surface area contributed by atoms with E-state index in [1.165, 1.54) is 30.1 Å². The molecule has 0 spiro atoms. The van der Waals surface area contributed by atoms with Crippen LogP contribution < -0.4 is 0 Å². The summed E-state index contributed by atoms with van der Waals surface area (Å²) in [5.41, 5.74) is 0. The van der Waals surface area contributed by atoms with Crippen molar-refractivity contribution in [1.29, 1.82) is 0 Å².